The molecule has 1 saturated heterocycles. The number of hydrogen-bond donors (Lipinski definition) is 0. The van der Waals surface area contributed by atoms with Gasteiger partial charge in [0, 0.05) is 44.8 Å². The molecule has 1 aromatic rings. The smallest absolute Gasteiger partial charge is 0.0708 e. The van der Waals surface area contributed by atoms with Crippen LogP contribution in [0.25, 0.3) is 0 Å². The molecule has 0 bridgehead atoms. The van der Waals surface area contributed by atoms with E-state index in [1.54, 1.807) is 0 Å². The van der Waals surface area contributed by atoms with E-state index in [2.05, 4.69) is 81.7 Å². The van der Waals surface area contributed by atoms with Gasteiger partial charge in [-0.25, -0.2) is 0 Å². The molecule has 0 amide bonds. The maximum absolute atomic E-state index is 2.71. The van der Waals surface area contributed by atoms with Crippen LogP contribution in [0.5, 0.6) is 0 Å². The molecule has 2 fully saturated rings. The van der Waals surface area contributed by atoms with E-state index in [0.717, 1.165) is 12.6 Å². The maximum atomic E-state index is 2.71. The predicted molar refractivity (Wildman–Crippen MR) is 153 cm³/mol. The Morgan fingerprint density at radius 1 is 0.829 bits per heavy atom. The van der Waals surface area contributed by atoms with Gasteiger partial charge in [0.05, 0.1) is 6.67 Å². The molecule has 202 valence electrons. The summed E-state index contributed by atoms with van der Waals surface area (Å²) in [4.78, 5) is 5.37. The van der Waals surface area contributed by atoms with Crippen molar-refractivity contribution < 1.29 is 19.5 Å². The van der Waals surface area contributed by atoms with Crippen molar-refractivity contribution >= 4 is 5.69 Å². The van der Waals surface area contributed by atoms with E-state index < -0.39 is 0 Å². The van der Waals surface area contributed by atoms with Crippen LogP contribution in [-0.4, -0.2) is 31.2 Å². The first-order valence-corrected chi connectivity index (χ1v) is 14.7. The van der Waals surface area contributed by atoms with Crippen molar-refractivity contribution in [3.05, 3.63) is 41.5 Å². The normalized spacial score (nSPS) is 17.2. The number of anilines is 1. The Hall–Kier alpha value is -0.657. The quantitative estimate of drug-likeness (QED) is 0.149. The second-order valence-electron chi connectivity index (χ2n) is 11.3. The van der Waals surface area contributed by atoms with Gasteiger partial charge in [0.25, 0.3) is 0 Å². The zero-order valence-corrected chi connectivity index (χ0v) is 25.7. The molecular weight excluding hydrogens is 513 g/mol. The van der Waals surface area contributed by atoms with E-state index in [4.69, 9.17) is 0 Å². The number of nitrogens with zero attached hydrogens (tertiary/aromatic N) is 2. The number of para-hydroxylation sites is 1. The number of unbranched alkanes of at least 4 members (excludes halogenated alkanes) is 4. The molecule has 0 radical (unpaired) electrons. The van der Waals surface area contributed by atoms with Gasteiger partial charge in [-0.05, 0) is 54.6 Å². The summed E-state index contributed by atoms with van der Waals surface area (Å²) in [5, 5.41) is 0. The Balaban J connectivity index is 0.000000477. The Kier molecular flexibility index (Phi) is 17.2. The first kappa shape index (κ1) is 32.4. The van der Waals surface area contributed by atoms with Crippen LogP contribution >= 0.6 is 0 Å². The Labute approximate surface area is 232 Å². The van der Waals surface area contributed by atoms with Gasteiger partial charge in [0.1, 0.15) is 0 Å². The summed E-state index contributed by atoms with van der Waals surface area (Å²) in [6, 6.07) is 6.94. The van der Waals surface area contributed by atoms with Crippen molar-refractivity contribution in [2.24, 2.45) is 5.92 Å². The van der Waals surface area contributed by atoms with Gasteiger partial charge in [-0.15, -0.1) is 0 Å². The number of benzene rings is 1. The largest absolute Gasteiger partial charge is 0.357 e. The molecule has 0 unspecified atom stereocenters. The minimum atomic E-state index is 0. The fourth-order valence-corrected chi connectivity index (χ4v) is 5.47. The molecule has 2 aliphatic rings. The van der Waals surface area contributed by atoms with Crippen LogP contribution in [0.3, 0.4) is 0 Å². The zero-order valence-electron chi connectivity index (χ0n) is 24.0. The van der Waals surface area contributed by atoms with Crippen molar-refractivity contribution in [1.29, 1.82) is 0 Å². The van der Waals surface area contributed by atoms with Crippen molar-refractivity contribution in [2.45, 2.75) is 124 Å². The molecule has 1 saturated carbocycles. The van der Waals surface area contributed by atoms with Crippen LogP contribution in [0.1, 0.15) is 135 Å². The van der Waals surface area contributed by atoms with Crippen molar-refractivity contribution in [2.75, 3.05) is 31.2 Å². The minimum Gasteiger partial charge on any atom is -0.357 e. The van der Waals surface area contributed by atoms with Gasteiger partial charge in [-0.3, -0.25) is 4.90 Å². The molecule has 1 heterocycles. The molecule has 0 N–H and O–H groups in total. The summed E-state index contributed by atoms with van der Waals surface area (Å²) in [7, 11) is 0. The SMILES string of the molecule is CC(C)c1cccc(C(C)C)c1N1CCN(CC2CCCCC2)C1.CCCC/C=C/CCCC.[Ru]. The summed E-state index contributed by atoms with van der Waals surface area (Å²) in [6.45, 7) is 18.7. The fourth-order valence-electron chi connectivity index (χ4n) is 5.47. The maximum Gasteiger partial charge on any atom is 0.0708 e. The summed E-state index contributed by atoms with van der Waals surface area (Å²) < 4.78 is 0. The van der Waals surface area contributed by atoms with Crippen LogP contribution in [0.15, 0.2) is 30.4 Å². The first-order chi connectivity index (χ1) is 16.5. The molecule has 0 spiro atoms. The van der Waals surface area contributed by atoms with Crippen LogP contribution in [0, 0.1) is 5.92 Å². The number of rotatable bonds is 11. The molecule has 1 aromatic carbocycles. The molecule has 0 aromatic heterocycles. The number of hydrogen-bond acceptors (Lipinski definition) is 2. The van der Waals surface area contributed by atoms with Crippen molar-refractivity contribution in [3.63, 3.8) is 0 Å². The fraction of sp³-hybridized carbons (Fsp3) is 0.750. The molecule has 3 heteroatoms. The molecule has 2 nitrogen and oxygen atoms in total. The first-order valence-electron chi connectivity index (χ1n) is 14.7. The summed E-state index contributed by atoms with van der Waals surface area (Å²) in [5.41, 5.74) is 4.59. The Morgan fingerprint density at radius 2 is 1.37 bits per heavy atom. The molecule has 35 heavy (non-hydrogen) atoms. The van der Waals surface area contributed by atoms with Crippen molar-refractivity contribution in [1.82, 2.24) is 4.90 Å². The van der Waals surface area contributed by atoms with Gasteiger partial charge in [-0.2, -0.15) is 0 Å². The van der Waals surface area contributed by atoms with Crippen LogP contribution in [-0.2, 0) is 19.5 Å². The van der Waals surface area contributed by atoms with E-state index in [1.807, 2.05) is 0 Å². The average Bonchev–Trinajstić information content (AvgIpc) is 3.30. The summed E-state index contributed by atoms with van der Waals surface area (Å²) in [6.07, 6.45) is 19.8. The zero-order chi connectivity index (χ0) is 24.8. The third-order valence-electron chi connectivity index (χ3n) is 7.57. The monoisotopic (exact) mass is 570 g/mol. The van der Waals surface area contributed by atoms with E-state index in [0.29, 0.717) is 11.8 Å². The number of allylic oxidation sites excluding steroid dienone is 2. The summed E-state index contributed by atoms with van der Waals surface area (Å²) in [5.74, 6) is 2.13. The molecule has 0 atom stereocenters. The summed E-state index contributed by atoms with van der Waals surface area (Å²) >= 11 is 0. The molecule has 1 aliphatic carbocycles. The van der Waals surface area contributed by atoms with Gasteiger partial charge in [-0.1, -0.05) is 117 Å². The molecular formula is C32H56N2Ru. The van der Waals surface area contributed by atoms with Crippen LogP contribution in [0.2, 0.25) is 0 Å². The van der Waals surface area contributed by atoms with Crippen LogP contribution in [0.4, 0.5) is 5.69 Å². The van der Waals surface area contributed by atoms with Crippen molar-refractivity contribution in [3.8, 4) is 0 Å². The molecule has 3 rings (SSSR count). The van der Waals surface area contributed by atoms with E-state index >= 15 is 0 Å². The van der Waals surface area contributed by atoms with Crippen LogP contribution < -0.4 is 4.90 Å². The predicted octanol–water partition coefficient (Wildman–Crippen LogP) is 9.51. The van der Waals surface area contributed by atoms with Gasteiger partial charge >= 0.3 is 0 Å². The van der Waals surface area contributed by atoms with Gasteiger partial charge < -0.3 is 4.90 Å². The topological polar surface area (TPSA) is 6.48 Å². The third-order valence-corrected chi connectivity index (χ3v) is 7.57. The Bertz CT molecular complexity index is 655. The standard InChI is InChI=1S/C22H36N2.C10H20.Ru/c1-17(2)20-11-8-12-21(18(3)4)22(20)24-14-13-23(16-24)15-19-9-6-5-7-10-19;1-3-5-7-9-10-8-6-4-2;/h8,11-12,17-19H,5-7,9-10,13-16H2,1-4H3;9-10H,3-8H2,1-2H3;/b;10-9+;. The van der Waals surface area contributed by atoms with Gasteiger partial charge in [0.15, 0.2) is 0 Å². The second-order valence-corrected chi connectivity index (χ2v) is 11.3. The Morgan fingerprint density at radius 3 is 1.86 bits per heavy atom. The second kappa shape index (κ2) is 18.6. The average molecular weight is 570 g/mol. The van der Waals surface area contributed by atoms with E-state index in [-0.39, 0.29) is 19.5 Å². The molecule has 1 aliphatic heterocycles. The third kappa shape index (κ3) is 11.5. The van der Waals surface area contributed by atoms with Gasteiger partial charge in [0.2, 0.25) is 0 Å². The van der Waals surface area contributed by atoms with E-state index in [9.17, 15) is 0 Å². The minimum absolute atomic E-state index is 0. The van der Waals surface area contributed by atoms with E-state index in [1.165, 1.54) is 107 Å².